The molecule has 1 heterocycles. The number of hydrogen-bond donors (Lipinski definition) is 0. The summed E-state index contributed by atoms with van der Waals surface area (Å²) in [4.78, 5) is 26.5. The van der Waals surface area contributed by atoms with Crippen molar-refractivity contribution in [2.24, 2.45) is 13.0 Å². The van der Waals surface area contributed by atoms with Gasteiger partial charge < -0.3 is 9.64 Å². The third kappa shape index (κ3) is 16.0. The lowest BCUT2D eigenvalue weighted by Crippen LogP contribution is -2.44. The maximum atomic E-state index is 12.9. The number of hydrogen-bond acceptors (Lipinski definition) is 6. The molecule has 56 heavy (non-hydrogen) atoms. The smallest absolute Gasteiger partial charge is 0.329 e. The van der Waals surface area contributed by atoms with Crippen LogP contribution in [-0.2, 0) is 34.5 Å². The lowest BCUT2D eigenvalue weighted by atomic mass is 9.97. The second-order valence-corrected chi connectivity index (χ2v) is 16.0. The molecule has 0 saturated heterocycles. The van der Waals surface area contributed by atoms with Gasteiger partial charge in [0.05, 0.1) is 0 Å². The van der Waals surface area contributed by atoms with E-state index in [4.69, 9.17) is 4.74 Å². The Labute approximate surface area is 337 Å². The maximum Gasteiger partial charge on any atom is 0.329 e. The predicted octanol–water partition coefficient (Wildman–Crippen LogP) is 12.1. The number of benzene rings is 3. The molecule has 0 radical (unpaired) electrons. The first-order chi connectivity index (χ1) is 27.5. The normalized spacial score (nSPS) is 16.1. The van der Waals surface area contributed by atoms with E-state index in [9.17, 15) is 9.59 Å². The van der Waals surface area contributed by atoms with Crippen molar-refractivity contribution in [3.8, 4) is 22.5 Å². The topological polar surface area (TPSA) is 90.2 Å². The van der Waals surface area contributed by atoms with E-state index in [0.29, 0.717) is 12.4 Å². The van der Waals surface area contributed by atoms with Gasteiger partial charge >= 0.3 is 5.97 Å². The summed E-state index contributed by atoms with van der Waals surface area (Å²) in [6, 6.07) is 24.7. The zero-order valence-electron chi connectivity index (χ0n) is 34.8. The number of esters is 1. The number of carbonyl (C=O) groups is 2. The van der Waals surface area contributed by atoms with Crippen molar-refractivity contribution in [1.82, 2.24) is 25.1 Å². The van der Waals surface area contributed by atoms with Gasteiger partial charge in [0.15, 0.2) is 5.82 Å². The monoisotopic (exact) mass is 764 g/mol. The number of amides is 1. The van der Waals surface area contributed by atoms with E-state index in [1.54, 1.807) is 11.7 Å². The van der Waals surface area contributed by atoms with Crippen LogP contribution in [0.2, 0.25) is 0 Å². The summed E-state index contributed by atoms with van der Waals surface area (Å²) in [5, 5.41) is 11.8. The minimum absolute atomic E-state index is 0.107. The van der Waals surface area contributed by atoms with Crippen molar-refractivity contribution < 1.29 is 14.3 Å². The minimum Gasteiger partial charge on any atom is -0.459 e. The molecule has 0 bridgehead atoms. The Morgan fingerprint density at radius 2 is 1.09 bits per heavy atom. The molecule has 8 nitrogen and oxygen atoms in total. The van der Waals surface area contributed by atoms with E-state index in [0.717, 1.165) is 34.2 Å². The molecule has 0 N–H and O–H groups in total. The molecule has 6 rings (SSSR count). The van der Waals surface area contributed by atoms with Gasteiger partial charge in [-0.15, -0.1) is 5.10 Å². The van der Waals surface area contributed by atoms with Crippen molar-refractivity contribution in [3.05, 3.63) is 90.0 Å². The van der Waals surface area contributed by atoms with Crippen LogP contribution < -0.4 is 0 Å². The number of carbonyl (C=O) groups excluding carboxylic acids is 2. The van der Waals surface area contributed by atoms with Crippen LogP contribution in [0.3, 0.4) is 0 Å². The highest BCUT2D eigenvalue weighted by Crippen LogP contribution is 2.31. The van der Waals surface area contributed by atoms with E-state index in [1.165, 1.54) is 133 Å². The molecule has 4 aromatic rings. The third-order valence-corrected chi connectivity index (χ3v) is 11.0. The van der Waals surface area contributed by atoms with E-state index in [2.05, 4.69) is 15.5 Å². The lowest BCUT2D eigenvalue weighted by molar-refractivity contribution is -0.156. The highest BCUT2D eigenvalue weighted by Gasteiger charge is 2.30. The second-order valence-electron chi connectivity index (χ2n) is 16.0. The average molecular weight is 764 g/mol. The Balaban J connectivity index is 0.000000281. The van der Waals surface area contributed by atoms with Gasteiger partial charge in [-0.05, 0) is 38.6 Å². The number of aromatic nitrogens is 4. The highest BCUT2D eigenvalue weighted by atomic mass is 16.5. The molecule has 2 fully saturated rings. The zero-order chi connectivity index (χ0) is 39.6. The fraction of sp³-hybridized carbons (Fsp3) is 0.562. The van der Waals surface area contributed by atoms with Gasteiger partial charge in [-0.3, -0.25) is 4.79 Å². The van der Waals surface area contributed by atoms with Gasteiger partial charge in [0.25, 0.3) is 0 Å². The largest absolute Gasteiger partial charge is 0.459 e. The van der Waals surface area contributed by atoms with Crippen LogP contribution in [-0.4, -0.2) is 43.5 Å². The van der Waals surface area contributed by atoms with E-state index in [1.807, 2.05) is 92.7 Å². The summed E-state index contributed by atoms with van der Waals surface area (Å²) in [6.45, 7) is 4.28. The predicted molar refractivity (Wildman–Crippen MR) is 228 cm³/mol. The number of nitrogens with zero attached hydrogens (tertiary/aromatic N) is 5. The molecule has 0 aliphatic heterocycles. The number of tetrazole rings is 1. The highest BCUT2D eigenvalue weighted by molar-refractivity contribution is 5.81. The molecule has 3 aromatic carbocycles. The van der Waals surface area contributed by atoms with Crippen molar-refractivity contribution in [2.75, 3.05) is 0 Å². The summed E-state index contributed by atoms with van der Waals surface area (Å²) < 4.78 is 7.19. The van der Waals surface area contributed by atoms with Gasteiger partial charge in [0.2, 0.25) is 6.41 Å². The summed E-state index contributed by atoms with van der Waals surface area (Å²) in [5.41, 5.74) is 4.73. The summed E-state index contributed by atoms with van der Waals surface area (Å²) in [6.07, 6.45) is 30.7. The van der Waals surface area contributed by atoms with E-state index in [-0.39, 0.29) is 12.5 Å². The first-order valence-electron chi connectivity index (χ1n) is 21.8. The average Bonchev–Trinajstić information content (AvgIpc) is 3.67. The molecule has 2 aliphatic rings. The molecular weight excluding hydrogens is 695 g/mol. The quantitative estimate of drug-likeness (QED) is 0.118. The fourth-order valence-corrected chi connectivity index (χ4v) is 7.73. The van der Waals surface area contributed by atoms with Crippen LogP contribution in [0, 0.1) is 5.92 Å². The summed E-state index contributed by atoms with van der Waals surface area (Å²) in [7, 11) is 1.80. The van der Waals surface area contributed by atoms with Crippen molar-refractivity contribution in [1.29, 1.82) is 0 Å². The molecule has 2 aliphatic carbocycles. The molecule has 2 saturated carbocycles. The Hall–Kier alpha value is -4.33. The molecule has 1 aromatic heterocycles. The third-order valence-electron chi connectivity index (χ3n) is 11.0. The van der Waals surface area contributed by atoms with Crippen LogP contribution in [0.1, 0.15) is 153 Å². The molecule has 8 heteroatoms. The van der Waals surface area contributed by atoms with Crippen LogP contribution in [0.15, 0.2) is 78.9 Å². The van der Waals surface area contributed by atoms with Crippen molar-refractivity contribution >= 4 is 12.4 Å². The van der Waals surface area contributed by atoms with Crippen LogP contribution in [0.5, 0.6) is 0 Å². The molecule has 1 atom stereocenters. The zero-order valence-corrected chi connectivity index (χ0v) is 34.8. The Bertz CT molecular complexity index is 1550. The Kier molecular flexibility index (Phi) is 21.0. The first-order valence-corrected chi connectivity index (χ1v) is 21.8. The standard InChI is InChI=1S/C28H29N5O3.2C10H20/c1-20(2)26(28(35)36-18-22-9-5-4-6-10-22)33(19-34)17-21-13-15-23(16-14-21)24-11-7-8-12-25(24)27-29-30-31-32(27)3;2*1-2-4-6-8-10-9-7-5-3-1/h4-16,19-20,26H,17-18H2,1-3H3;2*1-10H2. The summed E-state index contributed by atoms with van der Waals surface area (Å²) >= 11 is 0. The van der Waals surface area contributed by atoms with Gasteiger partial charge in [0, 0.05) is 19.2 Å². The molecule has 0 spiro atoms. The van der Waals surface area contributed by atoms with Crippen molar-refractivity contribution in [2.45, 2.75) is 161 Å². The minimum atomic E-state index is -0.685. The summed E-state index contributed by atoms with van der Waals surface area (Å²) in [5.74, 6) is 0.156. The van der Waals surface area contributed by atoms with Crippen LogP contribution in [0.25, 0.3) is 22.5 Å². The maximum absolute atomic E-state index is 12.9. The van der Waals surface area contributed by atoms with Gasteiger partial charge in [-0.2, -0.15) is 0 Å². The molecule has 1 unspecified atom stereocenters. The molecule has 304 valence electrons. The van der Waals surface area contributed by atoms with Crippen LogP contribution >= 0.6 is 0 Å². The lowest BCUT2D eigenvalue weighted by Gasteiger charge is -2.29. The SMILES string of the molecule is C1CCCCCCCCC1.C1CCCCCCCCC1.CC(C)C(C(=O)OCc1ccccc1)N(C=O)Cc1ccc(-c2ccccc2-c2nnnn2C)cc1. The number of ether oxygens (including phenoxy) is 1. The Morgan fingerprint density at radius 3 is 1.50 bits per heavy atom. The van der Waals surface area contributed by atoms with E-state index < -0.39 is 12.0 Å². The Morgan fingerprint density at radius 1 is 0.643 bits per heavy atom. The first kappa shape index (κ1) is 44.4. The second kappa shape index (κ2) is 26.5. The van der Waals surface area contributed by atoms with Gasteiger partial charge in [-0.25, -0.2) is 9.48 Å². The van der Waals surface area contributed by atoms with E-state index >= 15 is 0 Å². The van der Waals surface area contributed by atoms with Crippen molar-refractivity contribution in [3.63, 3.8) is 0 Å². The number of aryl methyl sites for hydroxylation is 1. The van der Waals surface area contributed by atoms with Gasteiger partial charge in [-0.1, -0.05) is 221 Å². The molecular formula is C48H69N5O3. The van der Waals surface area contributed by atoms with Gasteiger partial charge in [0.1, 0.15) is 12.6 Å². The molecule has 1 amide bonds. The fourth-order valence-electron chi connectivity index (χ4n) is 7.73. The van der Waals surface area contributed by atoms with Crippen LogP contribution in [0.4, 0.5) is 0 Å². The number of rotatable bonds is 10.